The number of thiazole rings is 1. The molecule has 26 heavy (non-hydrogen) atoms. The summed E-state index contributed by atoms with van der Waals surface area (Å²) < 4.78 is 5.95. The summed E-state index contributed by atoms with van der Waals surface area (Å²) in [5.74, 6) is 1.76. The van der Waals surface area contributed by atoms with Gasteiger partial charge in [0.05, 0.1) is 23.8 Å². The molecule has 1 aromatic heterocycles. The lowest BCUT2D eigenvalue weighted by Crippen LogP contribution is -2.42. The summed E-state index contributed by atoms with van der Waals surface area (Å²) in [5.41, 5.74) is 2.41. The predicted molar refractivity (Wildman–Crippen MR) is 119 cm³/mol. The summed E-state index contributed by atoms with van der Waals surface area (Å²) in [6.45, 7) is 7.94. The third-order valence-electron chi connectivity index (χ3n) is 4.06. The second-order valence-electron chi connectivity index (χ2n) is 7.25. The molecule has 0 fully saturated rings. The van der Waals surface area contributed by atoms with Crippen LogP contribution in [0.25, 0.3) is 0 Å². The van der Waals surface area contributed by atoms with E-state index >= 15 is 0 Å². The molecule has 0 saturated carbocycles. The number of guanidine groups is 1. The van der Waals surface area contributed by atoms with Crippen LogP contribution >= 0.6 is 35.3 Å². The van der Waals surface area contributed by atoms with E-state index in [1.807, 2.05) is 12.1 Å². The van der Waals surface area contributed by atoms with Gasteiger partial charge in [-0.1, -0.05) is 39.0 Å². The molecule has 1 aliphatic rings. The van der Waals surface area contributed by atoms with E-state index in [9.17, 15) is 0 Å². The van der Waals surface area contributed by atoms with Gasteiger partial charge in [0, 0.05) is 24.3 Å². The van der Waals surface area contributed by atoms with E-state index in [1.165, 1.54) is 5.56 Å². The van der Waals surface area contributed by atoms with Gasteiger partial charge in [-0.25, -0.2) is 4.98 Å². The number of fused-ring (bicyclic) bond motifs is 1. The maximum absolute atomic E-state index is 5.95. The van der Waals surface area contributed by atoms with E-state index in [2.05, 4.69) is 53.9 Å². The number of aromatic nitrogens is 1. The van der Waals surface area contributed by atoms with Crippen molar-refractivity contribution in [3.63, 3.8) is 0 Å². The molecule has 0 bridgehead atoms. The van der Waals surface area contributed by atoms with Crippen molar-refractivity contribution in [1.29, 1.82) is 0 Å². The fourth-order valence-corrected chi connectivity index (χ4v) is 3.61. The van der Waals surface area contributed by atoms with E-state index < -0.39 is 0 Å². The smallest absolute Gasteiger partial charge is 0.191 e. The monoisotopic (exact) mass is 486 g/mol. The Kier molecular flexibility index (Phi) is 7.28. The molecular formula is C19H27IN4OS. The van der Waals surface area contributed by atoms with Gasteiger partial charge in [0.15, 0.2) is 5.96 Å². The normalized spacial score (nSPS) is 16.5. The van der Waals surface area contributed by atoms with Crippen LogP contribution in [0.15, 0.2) is 34.6 Å². The number of nitrogens with zero attached hydrogens (tertiary/aromatic N) is 2. The van der Waals surface area contributed by atoms with Crippen molar-refractivity contribution in [1.82, 2.24) is 15.6 Å². The Hall–Kier alpha value is -1.35. The first-order valence-corrected chi connectivity index (χ1v) is 9.47. The lowest BCUT2D eigenvalue weighted by molar-refractivity contribution is 0.235. The molecule has 2 aromatic rings. The van der Waals surface area contributed by atoms with E-state index in [4.69, 9.17) is 9.72 Å². The highest BCUT2D eigenvalue weighted by molar-refractivity contribution is 14.0. The molecule has 2 heterocycles. The zero-order valence-corrected chi connectivity index (χ0v) is 18.9. The molecular weight excluding hydrogens is 459 g/mol. The van der Waals surface area contributed by atoms with Crippen molar-refractivity contribution in [2.75, 3.05) is 13.6 Å². The highest BCUT2D eigenvalue weighted by Gasteiger charge is 2.22. The summed E-state index contributed by atoms with van der Waals surface area (Å²) in [6.07, 6.45) is 1.07. The number of benzene rings is 1. The second kappa shape index (κ2) is 9.03. The molecule has 7 heteroatoms. The number of rotatable bonds is 4. The van der Waals surface area contributed by atoms with Crippen LogP contribution in [-0.2, 0) is 18.4 Å². The van der Waals surface area contributed by atoms with Gasteiger partial charge < -0.3 is 15.4 Å². The van der Waals surface area contributed by atoms with Gasteiger partial charge in [-0.05, 0) is 11.6 Å². The number of nitrogens with one attached hydrogen (secondary N) is 2. The minimum Gasteiger partial charge on any atom is -0.488 e. The molecule has 142 valence electrons. The first kappa shape index (κ1) is 21.0. The van der Waals surface area contributed by atoms with E-state index in [0.717, 1.165) is 35.4 Å². The van der Waals surface area contributed by atoms with Crippen LogP contribution < -0.4 is 15.4 Å². The number of hydrogen-bond acceptors (Lipinski definition) is 4. The minimum atomic E-state index is 0. The Bertz CT molecular complexity index is 729. The quantitative estimate of drug-likeness (QED) is 0.393. The maximum atomic E-state index is 5.95. The molecule has 0 saturated heterocycles. The third-order valence-corrected chi connectivity index (χ3v) is 5.38. The van der Waals surface area contributed by atoms with Crippen LogP contribution in [0.2, 0.25) is 0 Å². The Morgan fingerprint density at radius 3 is 2.73 bits per heavy atom. The van der Waals surface area contributed by atoms with Crippen molar-refractivity contribution < 1.29 is 4.74 Å². The standard InChI is InChI=1S/C19H26N4OS.HI/c1-19(2,3)17-23-14(12-25-17)10-21-18(20-4)22-11-15-9-13-7-5-6-8-16(13)24-15;/h5-8,12,15H,9-11H2,1-4H3,(H2,20,21,22);1H. The molecule has 1 aliphatic heterocycles. The molecule has 0 spiro atoms. The Balaban J connectivity index is 0.00000243. The topological polar surface area (TPSA) is 58.5 Å². The number of para-hydroxylation sites is 1. The highest BCUT2D eigenvalue weighted by atomic mass is 127. The SMILES string of the molecule is CN=C(NCc1csc(C(C)(C)C)n1)NCC1Cc2ccccc2O1.I. The molecule has 0 radical (unpaired) electrons. The summed E-state index contributed by atoms with van der Waals surface area (Å²) >= 11 is 1.71. The molecule has 2 N–H and O–H groups in total. The number of ether oxygens (including phenoxy) is 1. The highest BCUT2D eigenvalue weighted by Crippen LogP contribution is 2.27. The minimum absolute atomic E-state index is 0. The number of aliphatic imine (C=N–C) groups is 1. The van der Waals surface area contributed by atoms with Gasteiger partial charge in [-0.3, -0.25) is 4.99 Å². The van der Waals surface area contributed by atoms with Gasteiger partial charge in [0.2, 0.25) is 0 Å². The van der Waals surface area contributed by atoms with Gasteiger partial charge in [0.1, 0.15) is 11.9 Å². The van der Waals surface area contributed by atoms with Crippen LogP contribution in [-0.4, -0.2) is 30.6 Å². The Labute approximate surface area is 176 Å². The van der Waals surface area contributed by atoms with Crippen LogP contribution in [0.5, 0.6) is 5.75 Å². The largest absolute Gasteiger partial charge is 0.488 e. The van der Waals surface area contributed by atoms with Crippen molar-refractivity contribution in [3.05, 3.63) is 45.9 Å². The zero-order chi connectivity index (χ0) is 17.9. The summed E-state index contributed by atoms with van der Waals surface area (Å²) in [4.78, 5) is 8.98. The van der Waals surface area contributed by atoms with Crippen LogP contribution in [0.3, 0.4) is 0 Å². The van der Waals surface area contributed by atoms with E-state index in [0.29, 0.717) is 6.54 Å². The van der Waals surface area contributed by atoms with Crippen LogP contribution in [0, 0.1) is 0 Å². The van der Waals surface area contributed by atoms with Crippen molar-refractivity contribution in [3.8, 4) is 5.75 Å². The maximum Gasteiger partial charge on any atom is 0.191 e. The zero-order valence-electron chi connectivity index (χ0n) is 15.7. The molecule has 1 unspecified atom stereocenters. The average Bonchev–Trinajstić information content (AvgIpc) is 3.21. The lowest BCUT2D eigenvalue weighted by Gasteiger charge is -2.15. The molecule has 1 atom stereocenters. The predicted octanol–water partition coefficient (Wildman–Crippen LogP) is 3.73. The van der Waals surface area contributed by atoms with Gasteiger partial charge >= 0.3 is 0 Å². The number of halogens is 1. The fraction of sp³-hybridized carbons (Fsp3) is 0.474. The first-order valence-electron chi connectivity index (χ1n) is 8.59. The molecule has 1 aromatic carbocycles. The second-order valence-corrected chi connectivity index (χ2v) is 8.11. The molecule has 5 nitrogen and oxygen atoms in total. The van der Waals surface area contributed by atoms with Crippen molar-refractivity contribution >= 4 is 41.3 Å². The summed E-state index contributed by atoms with van der Waals surface area (Å²) in [7, 11) is 1.78. The van der Waals surface area contributed by atoms with E-state index in [-0.39, 0.29) is 35.5 Å². The Morgan fingerprint density at radius 2 is 2.08 bits per heavy atom. The first-order chi connectivity index (χ1) is 12.0. The average molecular weight is 486 g/mol. The Morgan fingerprint density at radius 1 is 1.31 bits per heavy atom. The van der Waals surface area contributed by atoms with Gasteiger partial charge in [0.25, 0.3) is 0 Å². The molecule has 3 rings (SSSR count). The van der Waals surface area contributed by atoms with Crippen LogP contribution in [0.1, 0.15) is 37.0 Å². The van der Waals surface area contributed by atoms with Crippen molar-refractivity contribution in [2.24, 2.45) is 4.99 Å². The fourth-order valence-electron chi connectivity index (χ4n) is 2.71. The lowest BCUT2D eigenvalue weighted by atomic mass is 9.98. The molecule has 0 aliphatic carbocycles. The third kappa shape index (κ3) is 5.33. The summed E-state index contributed by atoms with van der Waals surface area (Å²) in [5, 5.41) is 9.93. The molecule has 0 amide bonds. The number of hydrogen-bond donors (Lipinski definition) is 2. The van der Waals surface area contributed by atoms with Gasteiger partial charge in [-0.2, -0.15) is 0 Å². The van der Waals surface area contributed by atoms with Gasteiger partial charge in [-0.15, -0.1) is 35.3 Å². The van der Waals surface area contributed by atoms with Crippen molar-refractivity contribution in [2.45, 2.75) is 45.3 Å². The summed E-state index contributed by atoms with van der Waals surface area (Å²) in [6, 6.07) is 8.21. The van der Waals surface area contributed by atoms with Crippen LogP contribution in [0.4, 0.5) is 0 Å². The van der Waals surface area contributed by atoms with E-state index in [1.54, 1.807) is 18.4 Å².